The number of nitrogens with two attached hydrogens (primary N) is 1. The van der Waals surface area contributed by atoms with E-state index in [1.54, 1.807) is 35.9 Å². The van der Waals surface area contributed by atoms with Crippen molar-refractivity contribution in [1.29, 1.82) is 0 Å². The second kappa shape index (κ2) is 5.38. The molecular weight excluding hydrogens is 307 g/mol. The summed E-state index contributed by atoms with van der Waals surface area (Å²) in [5.74, 6) is 0.354. The topological polar surface area (TPSA) is 69.6 Å². The van der Waals surface area contributed by atoms with Crippen molar-refractivity contribution in [2.45, 2.75) is 6.18 Å². The van der Waals surface area contributed by atoms with E-state index >= 15 is 0 Å². The van der Waals surface area contributed by atoms with Gasteiger partial charge in [-0.3, -0.25) is 0 Å². The number of aryl methyl sites for hydroxylation is 1. The van der Waals surface area contributed by atoms with Gasteiger partial charge in [0.05, 0.1) is 0 Å². The largest absolute Gasteiger partial charge is 0.433 e. The van der Waals surface area contributed by atoms with Crippen LogP contribution in [-0.4, -0.2) is 19.7 Å². The summed E-state index contributed by atoms with van der Waals surface area (Å²) in [4.78, 5) is 3.36. The lowest BCUT2D eigenvalue weighted by Gasteiger charge is -2.12. The highest BCUT2D eigenvalue weighted by Crippen LogP contribution is 2.35. The summed E-state index contributed by atoms with van der Waals surface area (Å²) in [5.41, 5.74) is 6.07. The maximum Gasteiger partial charge on any atom is 0.433 e. The molecule has 0 fully saturated rings. The molecule has 3 aromatic rings. The third-order valence-corrected chi connectivity index (χ3v) is 3.33. The van der Waals surface area contributed by atoms with Crippen LogP contribution in [0.4, 0.5) is 19.0 Å². The summed E-state index contributed by atoms with van der Waals surface area (Å²) < 4.78 is 40.6. The van der Waals surface area contributed by atoms with Crippen LogP contribution in [0, 0.1) is 0 Å². The zero-order chi connectivity index (χ0) is 16.6. The fourth-order valence-electron chi connectivity index (χ4n) is 2.31. The molecule has 0 aliphatic heterocycles. The molecule has 23 heavy (non-hydrogen) atoms. The van der Waals surface area contributed by atoms with E-state index in [0.717, 1.165) is 6.07 Å². The highest BCUT2D eigenvalue weighted by molar-refractivity contribution is 5.81. The average molecular weight is 319 g/mol. The van der Waals surface area contributed by atoms with Crippen molar-refractivity contribution in [2.75, 3.05) is 5.73 Å². The van der Waals surface area contributed by atoms with E-state index in [9.17, 15) is 13.2 Å². The van der Waals surface area contributed by atoms with Gasteiger partial charge in [-0.05, 0) is 23.3 Å². The van der Waals surface area contributed by atoms with Gasteiger partial charge in [0.2, 0.25) is 0 Å². The first-order chi connectivity index (χ1) is 10.9. The lowest BCUT2D eigenvalue weighted by molar-refractivity contribution is -0.141. The molecule has 118 valence electrons. The van der Waals surface area contributed by atoms with Crippen LogP contribution >= 0.6 is 0 Å². The van der Waals surface area contributed by atoms with Gasteiger partial charge >= 0.3 is 6.18 Å². The molecule has 0 unspecified atom stereocenters. The highest BCUT2D eigenvalue weighted by atomic mass is 19.4. The van der Waals surface area contributed by atoms with Gasteiger partial charge in [0, 0.05) is 12.6 Å². The average Bonchev–Trinajstić information content (AvgIpc) is 2.92. The van der Waals surface area contributed by atoms with Crippen LogP contribution < -0.4 is 5.73 Å². The molecule has 0 saturated heterocycles. The Morgan fingerprint density at radius 2 is 1.78 bits per heavy atom. The molecule has 0 bridgehead atoms. The second-order valence-electron chi connectivity index (χ2n) is 4.97. The molecule has 0 saturated carbocycles. The predicted molar refractivity (Wildman–Crippen MR) is 79.1 cm³/mol. The Morgan fingerprint density at radius 1 is 1.09 bits per heavy atom. The van der Waals surface area contributed by atoms with Crippen LogP contribution in [0.2, 0.25) is 0 Å². The van der Waals surface area contributed by atoms with Crippen molar-refractivity contribution in [3.8, 4) is 22.5 Å². The molecule has 0 radical (unpaired) electrons. The molecule has 2 N–H and O–H groups in total. The lowest BCUT2D eigenvalue weighted by Crippen LogP contribution is -2.09. The summed E-state index contributed by atoms with van der Waals surface area (Å²) in [7, 11) is 1.76. The van der Waals surface area contributed by atoms with Crippen LogP contribution in [0.15, 0.2) is 42.7 Å². The predicted octanol–water partition coefficient (Wildman–Crippen LogP) is 3.15. The maximum absolute atomic E-state index is 13.0. The quantitative estimate of drug-likeness (QED) is 0.788. The summed E-state index contributed by atoms with van der Waals surface area (Å²) in [5, 5.41) is 7.81. The molecule has 1 aromatic carbocycles. The SMILES string of the molecule is Cn1cnnc1-c1ccccc1-c1cc(N)nc(C(F)(F)F)c1. The third kappa shape index (κ3) is 2.87. The normalized spacial score (nSPS) is 11.7. The zero-order valence-electron chi connectivity index (χ0n) is 12.0. The van der Waals surface area contributed by atoms with E-state index in [-0.39, 0.29) is 5.82 Å². The number of rotatable bonds is 2. The maximum atomic E-state index is 13.0. The van der Waals surface area contributed by atoms with Gasteiger partial charge in [-0.15, -0.1) is 10.2 Å². The van der Waals surface area contributed by atoms with Crippen molar-refractivity contribution >= 4 is 5.82 Å². The highest BCUT2D eigenvalue weighted by Gasteiger charge is 2.33. The van der Waals surface area contributed by atoms with E-state index in [1.165, 1.54) is 12.4 Å². The number of pyridine rings is 1. The van der Waals surface area contributed by atoms with E-state index in [1.807, 2.05) is 0 Å². The number of hydrogen-bond acceptors (Lipinski definition) is 4. The summed E-state index contributed by atoms with van der Waals surface area (Å²) in [6, 6.07) is 9.37. The number of aromatic nitrogens is 4. The van der Waals surface area contributed by atoms with Crippen molar-refractivity contribution in [3.05, 3.63) is 48.4 Å². The van der Waals surface area contributed by atoms with Gasteiger partial charge in [-0.25, -0.2) is 4.98 Å². The van der Waals surface area contributed by atoms with Crippen molar-refractivity contribution in [2.24, 2.45) is 7.05 Å². The minimum atomic E-state index is -4.57. The molecule has 0 amide bonds. The Hall–Kier alpha value is -2.90. The summed E-state index contributed by atoms with van der Waals surface area (Å²) >= 11 is 0. The van der Waals surface area contributed by atoms with E-state index in [0.29, 0.717) is 22.5 Å². The van der Waals surface area contributed by atoms with Gasteiger partial charge in [-0.2, -0.15) is 13.2 Å². The molecule has 2 aromatic heterocycles. The van der Waals surface area contributed by atoms with Crippen molar-refractivity contribution < 1.29 is 13.2 Å². The van der Waals surface area contributed by atoms with Crippen LogP contribution in [0.5, 0.6) is 0 Å². The van der Waals surface area contributed by atoms with Gasteiger partial charge in [0.15, 0.2) is 5.82 Å². The minimum absolute atomic E-state index is 0.192. The third-order valence-electron chi connectivity index (χ3n) is 3.33. The van der Waals surface area contributed by atoms with Crippen molar-refractivity contribution in [3.63, 3.8) is 0 Å². The van der Waals surface area contributed by atoms with E-state index in [4.69, 9.17) is 5.73 Å². The van der Waals surface area contributed by atoms with Crippen LogP contribution in [0.1, 0.15) is 5.69 Å². The number of nitrogen functional groups attached to an aromatic ring is 1. The molecular formula is C15H12F3N5. The van der Waals surface area contributed by atoms with E-state index < -0.39 is 11.9 Å². The molecule has 0 spiro atoms. The van der Waals surface area contributed by atoms with Gasteiger partial charge in [0.1, 0.15) is 17.8 Å². The Morgan fingerprint density at radius 3 is 2.39 bits per heavy atom. The lowest BCUT2D eigenvalue weighted by atomic mass is 9.99. The zero-order valence-corrected chi connectivity index (χ0v) is 12.0. The molecule has 8 heteroatoms. The number of halogens is 3. The first kappa shape index (κ1) is 15.0. The number of benzene rings is 1. The summed E-state index contributed by atoms with van der Waals surface area (Å²) in [6.45, 7) is 0. The van der Waals surface area contributed by atoms with Gasteiger partial charge < -0.3 is 10.3 Å². The molecule has 3 rings (SSSR count). The van der Waals surface area contributed by atoms with Crippen molar-refractivity contribution in [1.82, 2.24) is 19.7 Å². The Bertz CT molecular complexity index is 854. The van der Waals surface area contributed by atoms with Crippen LogP contribution in [0.3, 0.4) is 0 Å². The Kier molecular flexibility index (Phi) is 3.51. The van der Waals surface area contributed by atoms with Crippen LogP contribution in [0.25, 0.3) is 22.5 Å². The molecule has 2 heterocycles. The van der Waals surface area contributed by atoms with Gasteiger partial charge in [-0.1, -0.05) is 24.3 Å². The molecule has 0 atom stereocenters. The Labute approximate surface area is 129 Å². The molecule has 0 aliphatic carbocycles. The minimum Gasteiger partial charge on any atom is -0.384 e. The van der Waals surface area contributed by atoms with Crippen LogP contribution in [-0.2, 0) is 13.2 Å². The van der Waals surface area contributed by atoms with E-state index in [2.05, 4.69) is 15.2 Å². The van der Waals surface area contributed by atoms with Gasteiger partial charge in [0.25, 0.3) is 0 Å². The number of hydrogen-bond donors (Lipinski definition) is 1. The summed E-state index contributed by atoms with van der Waals surface area (Å²) in [6.07, 6.45) is -3.04. The molecule has 5 nitrogen and oxygen atoms in total. The monoisotopic (exact) mass is 319 g/mol. The standard InChI is InChI=1S/C15H12F3N5/c1-23-8-20-22-14(23)11-5-3-2-4-10(11)9-6-12(15(16,17)18)21-13(19)7-9/h2-8H,1H3,(H2,19,21). The first-order valence-corrected chi connectivity index (χ1v) is 6.65. The fraction of sp³-hybridized carbons (Fsp3) is 0.133. The molecule has 0 aliphatic rings. The smallest absolute Gasteiger partial charge is 0.384 e. The first-order valence-electron chi connectivity index (χ1n) is 6.65. The number of alkyl halides is 3. The Balaban J connectivity index is 2.21. The number of nitrogens with zero attached hydrogens (tertiary/aromatic N) is 4. The number of anilines is 1. The second-order valence-corrected chi connectivity index (χ2v) is 4.97. The fourth-order valence-corrected chi connectivity index (χ4v) is 2.31.